The Hall–Kier alpha value is -4.42. The topological polar surface area (TPSA) is 131 Å². The number of aliphatic hydroxyl groups is 1. The molecule has 0 aliphatic carbocycles. The minimum absolute atomic E-state index is 0.334. The number of rotatable bonds is 12. The number of methoxy groups -OCH3 is 6. The molecule has 2 aromatic rings. The van der Waals surface area contributed by atoms with Crippen molar-refractivity contribution in [2.45, 2.75) is 43.2 Å². The second-order valence-electron chi connectivity index (χ2n) is 10.3. The molecular formula is C32H39NO11. The predicted octanol–water partition coefficient (Wildman–Crippen LogP) is 3.13. The van der Waals surface area contributed by atoms with Gasteiger partial charge in [-0.2, -0.15) is 0 Å². The number of esters is 2. The van der Waals surface area contributed by atoms with Gasteiger partial charge in [0.15, 0.2) is 23.0 Å². The average Bonchev–Trinajstić information content (AvgIpc) is 3.15. The fourth-order valence-corrected chi connectivity index (χ4v) is 5.75. The van der Waals surface area contributed by atoms with Crippen molar-refractivity contribution in [3.05, 3.63) is 47.5 Å². The SMILES string of the molecule is COc1cc(C=CC(=O)O[C@@H]2CC3[C@@H](O)[C@@H](OC(=O)C=Cc4cc(OC)c(OC)c(OC)c4)C(C2)N3C)cc(OC)c1OC. The van der Waals surface area contributed by atoms with Crippen LogP contribution in [-0.4, -0.2) is 102 Å². The van der Waals surface area contributed by atoms with E-state index >= 15 is 0 Å². The molecule has 238 valence electrons. The van der Waals surface area contributed by atoms with Gasteiger partial charge in [-0.25, -0.2) is 9.59 Å². The number of aliphatic hydroxyl groups excluding tert-OH is 1. The van der Waals surface area contributed by atoms with E-state index in [-0.39, 0.29) is 12.1 Å². The van der Waals surface area contributed by atoms with E-state index in [2.05, 4.69) is 0 Å². The van der Waals surface area contributed by atoms with Gasteiger partial charge >= 0.3 is 11.9 Å². The Labute approximate surface area is 256 Å². The minimum atomic E-state index is -0.943. The summed E-state index contributed by atoms with van der Waals surface area (Å²) in [6.45, 7) is 0. The molecule has 12 nitrogen and oxygen atoms in total. The number of fused-ring (bicyclic) bond motifs is 2. The molecule has 2 saturated heterocycles. The van der Waals surface area contributed by atoms with E-state index in [4.69, 9.17) is 37.9 Å². The van der Waals surface area contributed by atoms with E-state index in [1.165, 1.54) is 54.8 Å². The first kappa shape index (κ1) is 32.5. The number of nitrogens with zero attached hydrogens (tertiary/aromatic N) is 1. The summed E-state index contributed by atoms with van der Waals surface area (Å²) in [5, 5.41) is 11.0. The van der Waals surface area contributed by atoms with Gasteiger partial charge in [0, 0.05) is 31.0 Å². The molecule has 0 saturated carbocycles. The third-order valence-electron chi connectivity index (χ3n) is 7.90. The predicted molar refractivity (Wildman–Crippen MR) is 161 cm³/mol. The molecule has 2 aliphatic rings. The van der Waals surface area contributed by atoms with Crippen molar-refractivity contribution in [2.75, 3.05) is 49.7 Å². The zero-order valence-corrected chi connectivity index (χ0v) is 25.9. The van der Waals surface area contributed by atoms with Crippen molar-refractivity contribution in [1.82, 2.24) is 4.90 Å². The summed E-state index contributed by atoms with van der Waals surface area (Å²) in [7, 11) is 10.9. The number of likely N-dealkylation sites (N-methyl/N-ethyl adjacent to an activating group) is 1. The van der Waals surface area contributed by atoms with Gasteiger partial charge in [-0.3, -0.25) is 4.90 Å². The molecule has 2 aromatic carbocycles. The van der Waals surface area contributed by atoms with Crippen LogP contribution in [0.4, 0.5) is 0 Å². The molecule has 0 spiro atoms. The van der Waals surface area contributed by atoms with Crippen LogP contribution in [0.5, 0.6) is 34.5 Å². The highest BCUT2D eigenvalue weighted by Crippen LogP contribution is 2.40. The quantitative estimate of drug-likeness (QED) is 0.279. The van der Waals surface area contributed by atoms with Gasteiger partial charge in [0.1, 0.15) is 18.3 Å². The highest BCUT2D eigenvalue weighted by Gasteiger charge is 2.53. The summed E-state index contributed by atoms with van der Waals surface area (Å²) in [5.74, 6) is 1.53. The summed E-state index contributed by atoms with van der Waals surface area (Å²) in [6.07, 6.45) is 4.35. The van der Waals surface area contributed by atoms with Crippen molar-refractivity contribution in [2.24, 2.45) is 0 Å². The Balaban J connectivity index is 1.39. The third kappa shape index (κ3) is 6.87. The lowest BCUT2D eigenvalue weighted by atomic mass is 10.00. The molecule has 2 unspecified atom stereocenters. The lowest BCUT2D eigenvalue weighted by Gasteiger charge is -2.35. The molecule has 0 aromatic heterocycles. The zero-order chi connectivity index (χ0) is 32.0. The van der Waals surface area contributed by atoms with Crippen molar-refractivity contribution in [3.63, 3.8) is 0 Å². The van der Waals surface area contributed by atoms with Crippen LogP contribution >= 0.6 is 0 Å². The zero-order valence-electron chi connectivity index (χ0n) is 25.9. The number of benzene rings is 2. The van der Waals surface area contributed by atoms with Crippen LogP contribution in [0.2, 0.25) is 0 Å². The van der Waals surface area contributed by atoms with Crippen molar-refractivity contribution in [3.8, 4) is 34.5 Å². The lowest BCUT2D eigenvalue weighted by molar-refractivity contribution is -0.151. The van der Waals surface area contributed by atoms with Gasteiger partial charge in [0.2, 0.25) is 11.5 Å². The maximum absolute atomic E-state index is 12.8. The molecular weight excluding hydrogens is 574 g/mol. The first-order chi connectivity index (χ1) is 21.2. The van der Waals surface area contributed by atoms with E-state index in [0.29, 0.717) is 58.5 Å². The largest absolute Gasteiger partial charge is 0.493 e. The van der Waals surface area contributed by atoms with Crippen LogP contribution in [0.15, 0.2) is 36.4 Å². The lowest BCUT2D eigenvalue weighted by Crippen LogP contribution is -2.46. The third-order valence-corrected chi connectivity index (χ3v) is 7.90. The Morgan fingerprint density at radius 3 is 1.50 bits per heavy atom. The second-order valence-corrected chi connectivity index (χ2v) is 10.3. The highest BCUT2D eigenvalue weighted by molar-refractivity contribution is 5.88. The van der Waals surface area contributed by atoms with E-state index in [9.17, 15) is 14.7 Å². The van der Waals surface area contributed by atoms with E-state index < -0.39 is 30.3 Å². The molecule has 5 atom stereocenters. The van der Waals surface area contributed by atoms with Crippen LogP contribution in [-0.2, 0) is 19.1 Å². The first-order valence-electron chi connectivity index (χ1n) is 13.9. The number of piperidine rings is 1. The highest BCUT2D eigenvalue weighted by atomic mass is 16.6. The molecule has 12 heteroatoms. The fraction of sp³-hybridized carbons (Fsp3) is 0.438. The van der Waals surface area contributed by atoms with Gasteiger partial charge < -0.3 is 43.0 Å². The Morgan fingerprint density at radius 1 is 0.682 bits per heavy atom. The second kappa shape index (κ2) is 14.4. The molecule has 0 radical (unpaired) electrons. The molecule has 2 fully saturated rings. The van der Waals surface area contributed by atoms with E-state index in [1.807, 2.05) is 11.9 Å². The van der Waals surface area contributed by atoms with Crippen LogP contribution in [0.1, 0.15) is 24.0 Å². The first-order valence-corrected chi connectivity index (χ1v) is 13.9. The van der Waals surface area contributed by atoms with Gasteiger partial charge in [-0.1, -0.05) is 0 Å². The van der Waals surface area contributed by atoms with Crippen molar-refractivity contribution >= 4 is 24.1 Å². The van der Waals surface area contributed by atoms with Crippen LogP contribution in [0, 0.1) is 0 Å². The van der Waals surface area contributed by atoms with Crippen LogP contribution in [0.3, 0.4) is 0 Å². The maximum atomic E-state index is 12.8. The number of ether oxygens (including phenoxy) is 8. The standard InChI is InChI=1S/C32H39NO11/c1-33-21-16-20(43-27(34)10-8-18-12-23(37-2)31(41-6)24(13-18)38-3)17-22(33)30(29(21)36)44-28(35)11-9-19-14-25(39-4)32(42-7)26(15-19)40-5/h8-15,20-22,29-30,36H,16-17H2,1-7H3/t20-,21?,22?,29-,30+/m1/s1. The monoisotopic (exact) mass is 613 g/mol. The molecule has 2 bridgehead atoms. The summed E-state index contributed by atoms with van der Waals surface area (Å²) in [6, 6.07) is 6.15. The van der Waals surface area contributed by atoms with Crippen molar-refractivity contribution in [1.29, 1.82) is 0 Å². The summed E-state index contributed by atoms with van der Waals surface area (Å²) in [5.41, 5.74) is 1.28. The average molecular weight is 614 g/mol. The molecule has 4 rings (SSSR count). The summed E-state index contributed by atoms with van der Waals surface area (Å²) < 4.78 is 43.6. The van der Waals surface area contributed by atoms with Gasteiger partial charge in [-0.15, -0.1) is 0 Å². The molecule has 0 amide bonds. The number of hydrogen-bond donors (Lipinski definition) is 1. The summed E-state index contributed by atoms with van der Waals surface area (Å²) in [4.78, 5) is 27.5. The van der Waals surface area contributed by atoms with Gasteiger partial charge in [0.05, 0.1) is 48.7 Å². The fourth-order valence-electron chi connectivity index (χ4n) is 5.75. The smallest absolute Gasteiger partial charge is 0.331 e. The Kier molecular flexibility index (Phi) is 10.6. The minimum Gasteiger partial charge on any atom is -0.493 e. The maximum Gasteiger partial charge on any atom is 0.331 e. The molecule has 2 heterocycles. The van der Waals surface area contributed by atoms with Gasteiger partial charge in [-0.05, 0) is 54.6 Å². The molecule has 2 aliphatic heterocycles. The van der Waals surface area contributed by atoms with Crippen LogP contribution < -0.4 is 28.4 Å². The Morgan fingerprint density at radius 2 is 1.09 bits per heavy atom. The van der Waals surface area contributed by atoms with Gasteiger partial charge in [0.25, 0.3) is 0 Å². The molecule has 44 heavy (non-hydrogen) atoms. The Bertz CT molecular complexity index is 1350. The summed E-state index contributed by atoms with van der Waals surface area (Å²) >= 11 is 0. The molecule has 1 N–H and O–H groups in total. The van der Waals surface area contributed by atoms with E-state index in [1.54, 1.807) is 36.4 Å². The van der Waals surface area contributed by atoms with E-state index in [0.717, 1.165) is 0 Å². The number of carbonyl (C=O) groups excluding carboxylic acids is 2. The normalized spacial score (nSPS) is 23.0. The van der Waals surface area contributed by atoms with Crippen molar-refractivity contribution < 1.29 is 52.6 Å². The number of carbonyl (C=O) groups is 2. The number of hydrogen-bond acceptors (Lipinski definition) is 12. The van der Waals surface area contributed by atoms with Crippen LogP contribution in [0.25, 0.3) is 12.2 Å².